The number of likely N-dealkylation sites (tertiary alicyclic amines) is 1. The van der Waals surface area contributed by atoms with Gasteiger partial charge < -0.3 is 15.0 Å². The standard InChI is InChI=1S/C14H21N5O4/c1-15-12(21)14-3-4-23-7-10(14)5-18(8-14)11(20)6-19-13(22)17(2)9-16-19/h9-10H,3-8H2,1-2H3,(H,15,21)/t10-,14+/m1/s1. The predicted molar refractivity (Wildman–Crippen MR) is 79.5 cm³/mol. The van der Waals surface area contributed by atoms with Gasteiger partial charge in [-0.05, 0) is 6.42 Å². The molecule has 126 valence electrons. The quantitative estimate of drug-likeness (QED) is 0.707. The highest BCUT2D eigenvalue weighted by molar-refractivity contribution is 5.85. The second kappa shape index (κ2) is 5.80. The van der Waals surface area contributed by atoms with E-state index in [9.17, 15) is 14.4 Å². The Hall–Kier alpha value is -2.16. The van der Waals surface area contributed by atoms with Crippen molar-refractivity contribution in [2.24, 2.45) is 18.4 Å². The smallest absolute Gasteiger partial charge is 0.345 e. The van der Waals surface area contributed by atoms with Crippen LogP contribution in [0.25, 0.3) is 0 Å². The van der Waals surface area contributed by atoms with Gasteiger partial charge in [-0.3, -0.25) is 14.2 Å². The molecule has 1 N–H and O–H groups in total. The van der Waals surface area contributed by atoms with Crippen molar-refractivity contribution < 1.29 is 14.3 Å². The normalized spacial score (nSPS) is 26.9. The number of aromatic nitrogens is 3. The Morgan fingerprint density at radius 1 is 1.52 bits per heavy atom. The summed E-state index contributed by atoms with van der Waals surface area (Å²) >= 11 is 0. The molecule has 0 aromatic carbocycles. The van der Waals surface area contributed by atoms with Crippen LogP contribution < -0.4 is 11.0 Å². The summed E-state index contributed by atoms with van der Waals surface area (Å²) in [5.74, 6) is -0.264. The highest BCUT2D eigenvalue weighted by atomic mass is 16.5. The molecule has 2 atom stereocenters. The summed E-state index contributed by atoms with van der Waals surface area (Å²) in [6, 6.07) is 0. The number of hydrogen-bond donors (Lipinski definition) is 1. The van der Waals surface area contributed by atoms with Gasteiger partial charge in [-0.25, -0.2) is 9.48 Å². The zero-order valence-corrected chi connectivity index (χ0v) is 13.3. The van der Waals surface area contributed by atoms with Crippen LogP contribution in [0, 0.1) is 11.3 Å². The van der Waals surface area contributed by atoms with Gasteiger partial charge in [0.05, 0.1) is 12.0 Å². The molecular weight excluding hydrogens is 302 g/mol. The maximum absolute atomic E-state index is 12.5. The number of nitrogens with zero attached hydrogens (tertiary/aromatic N) is 4. The maximum atomic E-state index is 12.5. The van der Waals surface area contributed by atoms with E-state index in [4.69, 9.17) is 4.74 Å². The number of carbonyl (C=O) groups excluding carboxylic acids is 2. The Morgan fingerprint density at radius 2 is 2.30 bits per heavy atom. The van der Waals surface area contributed by atoms with E-state index in [0.717, 1.165) is 4.68 Å². The van der Waals surface area contributed by atoms with Gasteiger partial charge >= 0.3 is 5.69 Å². The fraction of sp³-hybridized carbons (Fsp3) is 0.714. The van der Waals surface area contributed by atoms with Crippen LogP contribution in [0.3, 0.4) is 0 Å². The Morgan fingerprint density at radius 3 is 2.96 bits per heavy atom. The molecule has 9 heteroatoms. The first-order valence-electron chi connectivity index (χ1n) is 7.64. The van der Waals surface area contributed by atoms with Crippen LogP contribution in [-0.2, 0) is 27.9 Å². The molecule has 1 aromatic heterocycles. The van der Waals surface area contributed by atoms with Crippen LogP contribution in [-0.4, -0.2) is 64.4 Å². The highest BCUT2D eigenvalue weighted by Crippen LogP contribution is 2.42. The molecule has 0 spiro atoms. The van der Waals surface area contributed by atoms with Gasteiger partial charge in [0.2, 0.25) is 11.8 Å². The number of hydrogen-bond acceptors (Lipinski definition) is 5. The molecule has 2 aliphatic heterocycles. The van der Waals surface area contributed by atoms with E-state index in [2.05, 4.69) is 10.4 Å². The van der Waals surface area contributed by atoms with Crippen LogP contribution in [0.2, 0.25) is 0 Å². The molecule has 0 aliphatic carbocycles. The summed E-state index contributed by atoms with van der Waals surface area (Å²) in [6.45, 7) is 1.71. The molecule has 0 unspecified atom stereocenters. The zero-order chi connectivity index (χ0) is 16.6. The van der Waals surface area contributed by atoms with E-state index < -0.39 is 5.41 Å². The third-order valence-electron chi connectivity index (χ3n) is 4.91. The minimum Gasteiger partial charge on any atom is -0.381 e. The third-order valence-corrected chi connectivity index (χ3v) is 4.91. The van der Waals surface area contributed by atoms with E-state index in [-0.39, 0.29) is 30.0 Å². The molecule has 1 aromatic rings. The summed E-state index contributed by atoms with van der Waals surface area (Å²) in [7, 11) is 3.19. The van der Waals surface area contributed by atoms with E-state index in [1.807, 2.05) is 0 Å². The van der Waals surface area contributed by atoms with Crippen molar-refractivity contribution in [2.75, 3.05) is 33.4 Å². The van der Waals surface area contributed by atoms with Crippen molar-refractivity contribution in [2.45, 2.75) is 13.0 Å². The second-order valence-corrected chi connectivity index (χ2v) is 6.21. The van der Waals surface area contributed by atoms with Crippen molar-refractivity contribution >= 4 is 11.8 Å². The Balaban J connectivity index is 1.77. The van der Waals surface area contributed by atoms with Crippen LogP contribution >= 0.6 is 0 Å². The topological polar surface area (TPSA) is 98.5 Å². The molecular formula is C14H21N5O4. The molecule has 3 rings (SSSR count). The number of ether oxygens (including phenoxy) is 1. The first kappa shape index (κ1) is 15.7. The lowest BCUT2D eigenvalue weighted by atomic mass is 9.73. The zero-order valence-electron chi connectivity index (χ0n) is 13.3. The van der Waals surface area contributed by atoms with Crippen LogP contribution in [0.4, 0.5) is 0 Å². The Bertz CT molecular complexity index is 681. The number of amides is 2. The molecule has 2 fully saturated rings. The number of aryl methyl sites for hydroxylation is 1. The van der Waals surface area contributed by atoms with Crippen molar-refractivity contribution in [1.82, 2.24) is 24.6 Å². The van der Waals surface area contributed by atoms with Crippen LogP contribution in [0.1, 0.15) is 6.42 Å². The first-order valence-corrected chi connectivity index (χ1v) is 7.64. The lowest BCUT2D eigenvalue weighted by Gasteiger charge is -2.36. The van der Waals surface area contributed by atoms with E-state index >= 15 is 0 Å². The largest absolute Gasteiger partial charge is 0.381 e. The molecule has 23 heavy (non-hydrogen) atoms. The summed E-state index contributed by atoms with van der Waals surface area (Å²) < 4.78 is 7.93. The second-order valence-electron chi connectivity index (χ2n) is 6.21. The van der Waals surface area contributed by atoms with Gasteiger partial charge in [-0.15, -0.1) is 0 Å². The summed E-state index contributed by atoms with van der Waals surface area (Å²) in [6.07, 6.45) is 1.98. The van der Waals surface area contributed by atoms with Crippen LogP contribution in [0.5, 0.6) is 0 Å². The predicted octanol–water partition coefficient (Wildman–Crippen LogP) is -1.81. The summed E-state index contributed by atoms with van der Waals surface area (Å²) in [5, 5.41) is 6.62. The number of carbonyl (C=O) groups is 2. The van der Waals surface area contributed by atoms with Gasteiger partial charge in [0, 0.05) is 39.7 Å². The minimum absolute atomic E-state index is 0.0133. The molecule has 0 radical (unpaired) electrons. The van der Waals surface area contributed by atoms with E-state index in [0.29, 0.717) is 32.7 Å². The number of rotatable bonds is 3. The van der Waals surface area contributed by atoms with Gasteiger partial charge in [-0.1, -0.05) is 0 Å². The maximum Gasteiger partial charge on any atom is 0.345 e. The lowest BCUT2D eigenvalue weighted by molar-refractivity contribution is -0.139. The molecule has 2 saturated heterocycles. The molecule has 0 bridgehead atoms. The summed E-state index contributed by atoms with van der Waals surface area (Å²) in [5.41, 5.74) is -0.920. The van der Waals surface area contributed by atoms with Crippen molar-refractivity contribution in [3.05, 3.63) is 16.8 Å². The monoisotopic (exact) mass is 323 g/mol. The molecule has 0 saturated carbocycles. The van der Waals surface area contributed by atoms with Crippen molar-refractivity contribution in [3.8, 4) is 0 Å². The fourth-order valence-corrected chi connectivity index (χ4v) is 3.52. The first-order chi connectivity index (χ1) is 11.0. The molecule has 2 aliphatic rings. The van der Waals surface area contributed by atoms with Gasteiger partial charge in [0.15, 0.2) is 0 Å². The van der Waals surface area contributed by atoms with E-state index in [1.165, 1.54) is 10.9 Å². The van der Waals surface area contributed by atoms with Crippen molar-refractivity contribution in [3.63, 3.8) is 0 Å². The van der Waals surface area contributed by atoms with Crippen LogP contribution in [0.15, 0.2) is 11.1 Å². The fourth-order valence-electron chi connectivity index (χ4n) is 3.52. The van der Waals surface area contributed by atoms with Gasteiger partial charge in [-0.2, -0.15) is 5.10 Å². The molecule has 9 nitrogen and oxygen atoms in total. The molecule has 3 heterocycles. The average molecular weight is 323 g/mol. The number of fused-ring (bicyclic) bond motifs is 1. The SMILES string of the molecule is CNC(=O)[C@]12CCOC[C@H]1CN(C(=O)Cn1ncn(C)c1=O)C2. The Kier molecular flexibility index (Phi) is 3.97. The minimum atomic E-state index is -0.586. The lowest BCUT2D eigenvalue weighted by Crippen LogP contribution is -2.49. The summed E-state index contributed by atoms with van der Waals surface area (Å²) in [4.78, 5) is 38.3. The Labute approximate surface area is 133 Å². The highest BCUT2D eigenvalue weighted by Gasteiger charge is 2.54. The van der Waals surface area contributed by atoms with E-state index in [1.54, 1.807) is 19.0 Å². The number of nitrogens with one attached hydrogen (secondary N) is 1. The molecule has 2 amide bonds. The third kappa shape index (κ3) is 2.54. The van der Waals surface area contributed by atoms with Gasteiger partial charge in [0.25, 0.3) is 0 Å². The van der Waals surface area contributed by atoms with Crippen molar-refractivity contribution in [1.29, 1.82) is 0 Å². The average Bonchev–Trinajstić information content (AvgIpc) is 3.10. The van der Waals surface area contributed by atoms with Gasteiger partial charge in [0.1, 0.15) is 12.9 Å².